The van der Waals surface area contributed by atoms with E-state index in [1.165, 1.54) is 26.4 Å². The SMILES string of the molecule is COc1cc(C(N)C(=O)O)cc(CF)c1OC. The van der Waals surface area contributed by atoms with E-state index in [9.17, 15) is 9.18 Å². The van der Waals surface area contributed by atoms with E-state index in [0.29, 0.717) is 0 Å². The zero-order chi connectivity index (χ0) is 13.0. The van der Waals surface area contributed by atoms with E-state index in [-0.39, 0.29) is 22.6 Å². The van der Waals surface area contributed by atoms with E-state index in [1.54, 1.807) is 0 Å². The molecule has 1 aromatic carbocycles. The highest BCUT2D eigenvalue weighted by Crippen LogP contribution is 2.34. The van der Waals surface area contributed by atoms with Crippen LogP contribution in [-0.4, -0.2) is 25.3 Å². The van der Waals surface area contributed by atoms with Crippen molar-refractivity contribution < 1.29 is 23.8 Å². The van der Waals surface area contributed by atoms with Gasteiger partial charge in [-0.2, -0.15) is 0 Å². The van der Waals surface area contributed by atoms with Crippen molar-refractivity contribution in [3.8, 4) is 11.5 Å². The van der Waals surface area contributed by atoms with Crippen LogP contribution in [0.25, 0.3) is 0 Å². The van der Waals surface area contributed by atoms with Crippen LogP contribution < -0.4 is 15.2 Å². The van der Waals surface area contributed by atoms with Crippen LogP contribution in [0.1, 0.15) is 17.2 Å². The number of carboxylic acid groups (broad SMARTS) is 1. The van der Waals surface area contributed by atoms with E-state index in [2.05, 4.69) is 0 Å². The molecule has 0 aliphatic rings. The van der Waals surface area contributed by atoms with Gasteiger partial charge >= 0.3 is 5.97 Å². The van der Waals surface area contributed by atoms with Crippen LogP contribution in [0, 0.1) is 0 Å². The van der Waals surface area contributed by atoms with E-state index >= 15 is 0 Å². The first-order valence-corrected chi connectivity index (χ1v) is 4.84. The molecule has 5 nitrogen and oxygen atoms in total. The highest BCUT2D eigenvalue weighted by atomic mass is 19.1. The third-order valence-corrected chi connectivity index (χ3v) is 2.35. The molecule has 0 fully saturated rings. The minimum absolute atomic E-state index is 0.207. The minimum atomic E-state index is -1.22. The lowest BCUT2D eigenvalue weighted by Gasteiger charge is -2.15. The highest BCUT2D eigenvalue weighted by molar-refractivity contribution is 5.75. The number of rotatable bonds is 5. The number of carboxylic acids is 1. The summed E-state index contributed by atoms with van der Waals surface area (Å²) in [6.07, 6.45) is 0. The molecule has 0 saturated carbocycles. The molecule has 6 heteroatoms. The van der Waals surface area contributed by atoms with Gasteiger partial charge in [-0.15, -0.1) is 0 Å². The van der Waals surface area contributed by atoms with Gasteiger partial charge in [-0.05, 0) is 17.7 Å². The van der Waals surface area contributed by atoms with E-state index < -0.39 is 18.7 Å². The summed E-state index contributed by atoms with van der Waals surface area (Å²) >= 11 is 0. The van der Waals surface area contributed by atoms with E-state index in [1.807, 2.05) is 0 Å². The summed E-state index contributed by atoms with van der Waals surface area (Å²) in [5, 5.41) is 8.80. The normalized spacial score (nSPS) is 12.0. The number of ether oxygens (including phenoxy) is 2. The highest BCUT2D eigenvalue weighted by Gasteiger charge is 2.19. The molecule has 0 aromatic heterocycles. The number of carbonyl (C=O) groups is 1. The molecule has 1 rings (SSSR count). The summed E-state index contributed by atoms with van der Waals surface area (Å²) in [6.45, 7) is -0.792. The summed E-state index contributed by atoms with van der Waals surface area (Å²) in [5.41, 5.74) is 5.93. The van der Waals surface area contributed by atoms with Crippen molar-refractivity contribution in [3.05, 3.63) is 23.3 Å². The monoisotopic (exact) mass is 243 g/mol. The van der Waals surface area contributed by atoms with Crippen molar-refractivity contribution in [2.75, 3.05) is 14.2 Å². The Kier molecular flexibility index (Phi) is 4.28. The quantitative estimate of drug-likeness (QED) is 0.813. The van der Waals surface area contributed by atoms with E-state index in [0.717, 1.165) is 0 Å². The fraction of sp³-hybridized carbons (Fsp3) is 0.364. The van der Waals surface area contributed by atoms with Crippen molar-refractivity contribution >= 4 is 5.97 Å². The summed E-state index contributed by atoms with van der Waals surface area (Å²) in [4.78, 5) is 10.8. The van der Waals surface area contributed by atoms with Gasteiger partial charge in [0.05, 0.1) is 14.2 Å². The lowest BCUT2D eigenvalue weighted by Crippen LogP contribution is -2.21. The van der Waals surface area contributed by atoms with Crippen LogP contribution in [0.4, 0.5) is 4.39 Å². The molecule has 0 aliphatic heterocycles. The maximum atomic E-state index is 12.8. The topological polar surface area (TPSA) is 81.8 Å². The molecule has 0 spiro atoms. The fourth-order valence-corrected chi connectivity index (χ4v) is 1.49. The second-order valence-corrected chi connectivity index (χ2v) is 3.37. The second-order valence-electron chi connectivity index (χ2n) is 3.37. The first kappa shape index (κ1) is 13.2. The van der Waals surface area contributed by atoms with Gasteiger partial charge in [-0.3, -0.25) is 4.79 Å². The van der Waals surface area contributed by atoms with Crippen LogP contribution in [0.5, 0.6) is 11.5 Å². The first-order valence-electron chi connectivity index (χ1n) is 4.84. The molecule has 1 aromatic rings. The van der Waals surface area contributed by atoms with Crippen LogP contribution in [0.2, 0.25) is 0 Å². The van der Waals surface area contributed by atoms with Crippen molar-refractivity contribution in [1.82, 2.24) is 0 Å². The Balaban J connectivity index is 3.31. The van der Waals surface area contributed by atoms with Crippen LogP contribution in [0.3, 0.4) is 0 Å². The molecule has 0 heterocycles. The molecule has 0 aliphatic carbocycles. The third-order valence-electron chi connectivity index (χ3n) is 2.35. The average Bonchev–Trinajstić information content (AvgIpc) is 2.35. The lowest BCUT2D eigenvalue weighted by atomic mass is 10.0. The molecule has 3 N–H and O–H groups in total. The van der Waals surface area contributed by atoms with E-state index in [4.69, 9.17) is 20.3 Å². The maximum absolute atomic E-state index is 12.8. The van der Waals surface area contributed by atoms with Crippen LogP contribution >= 0.6 is 0 Å². The van der Waals surface area contributed by atoms with Gasteiger partial charge in [-0.25, -0.2) is 4.39 Å². The molecular formula is C11H14FNO4. The average molecular weight is 243 g/mol. The number of methoxy groups -OCH3 is 2. The number of hydrogen-bond donors (Lipinski definition) is 2. The van der Waals surface area contributed by atoms with Crippen molar-refractivity contribution in [1.29, 1.82) is 0 Å². The Morgan fingerprint density at radius 3 is 2.53 bits per heavy atom. The van der Waals surface area contributed by atoms with Crippen LogP contribution in [0.15, 0.2) is 12.1 Å². The van der Waals surface area contributed by atoms with Crippen LogP contribution in [-0.2, 0) is 11.5 Å². The Labute approximate surface area is 97.9 Å². The number of aliphatic carboxylic acids is 1. The molecule has 1 atom stereocenters. The molecular weight excluding hydrogens is 229 g/mol. The zero-order valence-electron chi connectivity index (χ0n) is 9.57. The molecule has 1 unspecified atom stereocenters. The Bertz CT molecular complexity index is 397. The Morgan fingerprint density at radius 2 is 2.12 bits per heavy atom. The second kappa shape index (κ2) is 5.49. The van der Waals surface area contributed by atoms with Gasteiger partial charge in [0.25, 0.3) is 0 Å². The number of halogens is 1. The summed E-state index contributed by atoms with van der Waals surface area (Å²) < 4.78 is 22.8. The fourth-order valence-electron chi connectivity index (χ4n) is 1.49. The molecule has 94 valence electrons. The summed E-state index contributed by atoms with van der Waals surface area (Å²) in [7, 11) is 2.77. The molecule has 0 amide bonds. The van der Waals surface area contributed by atoms with Gasteiger partial charge in [0.1, 0.15) is 12.7 Å². The molecule has 0 bridgehead atoms. The number of hydrogen-bond acceptors (Lipinski definition) is 4. The largest absolute Gasteiger partial charge is 0.493 e. The zero-order valence-corrected chi connectivity index (χ0v) is 9.57. The Hall–Kier alpha value is -1.82. The maximum Gasteiger partial charge on any atom is 0.325 e. The molecule has 0 saturated heterocycles. The van der Waals surface area contributed by atoms with Crippen molar-refractivity contribution in [2.45, 2.75) is 12.7 Å². The smallest absolute Gasteiger partial charge is 0.325 e. The van der Waals surface area contributed by atoms with Gasteiger partial charge < -0.3 is 20.3 Å². The van der Waals surface area contributed by atoms with Crippen molar-refractivity contribution in [3.63, 3.8) is 0 Å². The number of alkyl halides is 1. The standard InChI is InChI=1S/C11H14FNO4/c1-16-8-4-6(9(13)11(14)15)3-7(5-12)10(8)17-2/h3-4,9H,5,13H2,1-2H3,(H,14,15). The Morgan fingerprint density at radius 1 is 1.47 bits per heavy atom. The molecule has 0 radical (unpaired) electrons. The predicted octanol–water partition coefficient (Wildman–Crippen LogP) is 1.26. The van der Waals surface area contributed by atoms with Gasteiger partial charge in [-0.1, -0.05) is 0 Å². The van der Waals surface area contributed by atoms with Gasteiger partial charge in [0.15, 0.2) is 11.5 Å². The molecule has 17 heavy (non-hydrogen) atoms. The minimum Gasteiger partial charge on any atom is -0.493 e. The summed E-state index contributed by atoms with van der Waals surface area (Å²) in [5.74, 6) is -0.687. The van der Waals surface area contributed by atoms with Gasteiger partial charge in [0, 0.05) is 5.56 Å². The lowest BCUT2D eigenvalue weighted by molar-refractivity contribution is -0.138. The predicted molar refractivity (Wildman–Crippen MR) is 58.9 cm³/mol. The summed E-state index contributed by atoms with van der Waals surface area (Å²) in [6, 6.07) is 1.57. The first-order chi connectivity index (χ1) is 8.04. The number of benzene rings is 1. The van der Waals surface area contributed by atoms with Gasteiger partial charge in [0.2, 0.25) is 0 Å². The third kappa shape index (κ3) is 2.65. The van der Waals surface area contributed by atoms with Crippen molar-refractivity contribution in [2.24, 2.45) is 5.73 Å². The number of nitrogens with two attached hydrogens (primary N) is 1.